The molecule has 1 amide bonds. The van der Waals surface area contributed by atoms with Crippen LogP contribution in [0, 0.1) is 0 Å². The Morgan fingerprint density at radius 1 is 1.73 bits per heavy atom. The van der Waals surface area contributed by atoms with Crippen LogP contribution in [0.3, 0.4) is 0 Å². The van der Waals surface area contributed by atoms with Crippen LogP contribution in [0.5, 0.6) is 0 Å². The molecule has 4 heteroatoms. The van der Waals surface area contributed by atoms with Crippen molar-refractivity contribution in [1.29, 1.82) is 0 Å². The third-order valence-corrected chi connectivity index (χ3v) is 2.30. The van der Waals surface area contributed by atoms with Crippen molar-refractivity contribution in [1.82, 2.24) is 0 Å². The van der Waals surface area contributed by atoms with Crippen molar-refractivity contribution in [2.75, 3.05) is 0 Å². The second kappa shape index (κ2) is 2.79. The highest BCUT2D eigenvalue weighted by Gasteiger charge is 2.39. The maximum atomic E-state index is 10.5. The molecule has 1 aliphatic carbocycles. The zero-order valence-corrected chi connectivity index (χ0v) is 6.42. The Balaban J connectivity index is 2.58. The van der Waals surface area contributed by atoms with Gasteiger partial charge in [-0.2, -0.15) is 0 Å². The summed E-state index contributed by atoms with van der Waals surface area (Å²) in [5.74, 6) is -0.482. The van der Waals surface area contributed by atoms with Gasteiger partial charge in [-0.3, -0.25) is 4.79 Å². The number of aliphatic hydroxyl groups is 1. The van der Waals surface area contributed by atoms with E-state index in [4.69, 9.17) is 11.5 Å². The molecule has 0 saturated heterocycles. The fraction of sp³-hybridized carbons (Fsp3) is 0.857. The van der Waals surface area contributed by atoms with Gasteiger partial charge in [-0.25, -0.2) is 0 Å². The van der Waals surface area contributed by atoms with Crippen molar-refractivity contribution >= 4 is 5.91 Å². The lowest BCUT2D eigenvalue weighted by Gasteiger charge is -2.25. The Bertz CT molecular complexity index is 172. The third kappa shape index (κ3) is 1.70. The van der Waals surface area contributed by atoms with Gasteiger partial charge in [-0.05, 0) is 19.3 Å². The minimum Gasteiger partial charge on any atom is -0.388 e. The van der Waals surface area contributed by atoms with Gasteiger partial charge in [0.1, 0.15) is 0 Å². The summed E-state index contributed by atoms with van der Waals surface area (Å²) >= 11 is 0. The van der Waals surface area contributed by atoms with Gasteiger partial charge in [0.25, 0.3) is 0 Å². The first-order valence-corrected chi connectivity index (χ1v) is 3.81. The number of amides is 1. The van der Waals surface area contributed by atoms with Crippen LogP contribution in [-0.4, -0.2) is 22.7 Å². The van der Waals surface area contributed by atoms with E-state index in [2.05, 4.69) is 0 Å². The Hall–Kier alpha value is -0.610. The van der Waals surface area contributed by atoms with Gasteiger partial charge in [0.2, 0.25) is 5.91 Å². The van der Waals surface area contributed by atoms with Crippen molar-refractivity contribution in [2.45, 2.75) is 37.3 Å². The van der Waals surface area contributed by atoms with E-state index in [-0.39, 0.29) is 12.5 Å². The van der Waals surface area contributed by atoms with E-state index in [0.29, 0.717) is 6.42 Å². The Kier molecular flexibility index (Phi) is 2.15. The summed E-state index contributed by atoms with van der Waals surface area (Å²) in [4.78, 5) is 10.5. The highest BCUT2D eigenvalue weighted by molar-refractivity contribution is 5.75. The smallest absolute Gasteiger partial charge is 0.220 e. The van der Waals surface area contributed by atoms with E-state index in [1.165, 1.54) is 0 Å². The van der Waals surface area contributed by atoms with Crippen LogP contribution in [0.15, 0.2) is 0 Å². The van der Waals surface area contributed by atoms with E-state index in [1.54, 1.807) is 0 Å². The number of carbonyl (C=O) groups excluding carboxylic acids is 1. The van der Waals surface area contributed by atoms with Crippen LogP contribution in [0.25, 0.3) is 0 Å². The fourth-order valence-electron chi connectivity index (χ4n) is 1.60. The Morgan fingerprint density at radius 2 is 2.36 bits per heavy atom. The topological polar surface area (TPSA) is 89.3 Å². The first kappa shape index (κ1) is 8.49. The van der Waals surface area contributed by atoms with Crippen LogP contribution >= 0.6 is 0 Å². The molecular formula is C7H14N2O2. The zero-order valence-electron chi connectivity index (χ0n) is 6.42. The summed E-state index contributed by atoms with van der Waals surface area (Å²) in [7, 11) is 0. The molecule has 5 N–H and O–H groups in total. The molecule has 64 valence electrons. The fourth-order valence-corrected chi connectivity index (χ4v) is 1.60. The van der Waals surface area contributed by atoms with E-state index in [9.17, 15) is 9.90 Å². The van der Waals surface area contributed by atoms with Crippen molar-refractivity contribution < 1.29 is 9.90 Å². The molecule has 0 heterocycles. The highest BCUT2D eigenvalue weighted by atomic mass is 16.3. The standard InChI is InChI=1S/C7H14N2O2/c8-5-2-1-3-7(5,11)4-6(9)10/h5,11H,1-4,8H2,(H2,9,10). The molecule has 0 aliphatic heterocycles. The Morgan fingerprint density at radius 3 is 2.73 bits per heavy atom. The molecular weight excluding hydrogens is 144 g/mol. The molecule has 0 aromatic rings. The molecule has 1 rings (SSSR count). The Labute approximate surface area is 65.6 Å². The molecule has 11 heavy (non-hydrogen) atoms. The molecule has 0 radical (unpaired) electrons. The summed E-state index contributed by atoms with van der Waals surface area (Å²) in [6.45, 7) is 0. The summed E-state index contributed by atoms with van der Waals surface area (Å²) in [5, 5.41) is 9.70. The number of hydrogen-bond acceptors (Lipinski definition) is 3. The minimum atomic E-state index is -1.02. The quantitative estimate of drug-likeness (QED) is 0.486. The van der Waals surface area contributed by atoms with Crippen LogP contribution in [0.2, 0.25) is 0 Å². The average molecular weight is 158 g/mol. The van der Waals surface area contributed by atoms with Crippen LogP contribution in [0.1, 0.15) is 25.7 Å². The van der Waals surface area contributed by atoms with Crippen molar-refractivity contribution in [3.63, 3.8) is 0 Å². The van der Waals surface area contributed by atoms with Gasteiger partial charge < -0.3 is 16.6 Å². The lowest BCUT2D eigenvalue weighted by molar-refractivity contribution is -0.123. The molecule has 0 aromatic carbocycles. The first-order chi connectivity index (χ1) is 5.04. The van der Waals surface area contributed by atoms with Gasteiger partial charge in [-0.15, -0.1) is 0 Å². The van der Waals surface area contributed by atoms with E-state index in [1.807, 2.05) is 0 Å². The number of carbonyl (C=O) groups is 1. The normalized spacial score (nSPS) is 37.5. The summed E-state index contributed by atoms with van der Waals surface area (Å²) in [6, 6.07) is -0.282. The second-order valence-corrected chi connectivity index (χ2v) is 3.25. The molecule has 2 unspecified atom stereocenters. The lowest BCUT2D eigenvalue weighted by atomic mass is 9.94. The van der Waals surface area contributed by atoms with E-state index < -0.39 is 11.5 Å². The van der Waals surface area contributed by atoms with Gasteiger partial charge in [0.05, 0.1) is 12.0 Å². The van der Waals surface area contributed by atoms with Crippen molar-refractivity contribution in [3.8, 4) is 0 Å². The van der Waals surface area contributed by atoms with Crippen LogP contribution < -0.4 is 11.5 Å². The highest BCUT2D eigenvalue weighted by Crippen LogP contribution is 2.30. The maximum Gasteiger partial charge on any atom is 0.220 e. The molecule has 4 nitrogen and oxygen atoms in total. The average Bonchev–Trinajstić information content (AvgIpc) is 2.11. The number of nitrogens with two attached hydrogens (primary N) is 2. The van der Waals surface area contributed by atoms with Gasteiger partial charge >= 0.3 is 0 Å². The molecule has 1 aliphatic rings. The van der Waals surface area contributed by atoms with Crippen LogP contribution in [-0.2, 0) is 4.79 Å². The maximum absolute atomic E-state index is 10.5. The molecule has 0 aromatic heterocycles. The molecule has 1 saturated carbocycles. The number of rotatable bonds is 2. The SMILES string of the molecule is NC(=O)CC1(O)CCCC1N. The largest absolute Gasteiger partial charge is 0.388 e. The van der Waals surface area contributed by atoms with Gasteiger partial charge in [0.15, 0.2) is 0 Å². The molecule has 0 bridgehead atoms. The summed E-state index contributed by atoms with van der Waals surface area (Å²) in [5.41, 5.74) is 9.55. The van der Waals surface area contributed by atoms with E-state index >= 15 is 0 Å². The number of hydrogen-bond donors (Lipinski definition) is 3. The van der Waals surface area contributed by atoms with Gasteiger partial charge in [-0.1, -0.05) is 0 Å². The predicted octanol–water partition coefficient (Wildman–Crippen LogP) is -0.896. The van der Waals surface area contributed by atoms with Crippen molar-refractivity contribution in [3.05, 3.63) is 0 Å². The lowest BCUT2D eigenvalue weighted by Crippen LogP contribution is -2.46. The molecule has 0 spiro atoms. The second-order valence-electron chi connectivity index (χ2n) is 3.25. The van der Waals surface area contributed by atoms with Gasteiger partial charge in [0, 0.05) is 6.04 Å². The zero-order chi connectivity index (χ0) is 8.48. The van der Waals surface area contributed by atoms with Crippen LogP contribution in [0.4, 0.5) is 0 Å². The predicted molar refractivity (Wildman–Crippen MR) is 40.6 cm³/mol. The monoisotopic (exact) mass is 158 g/mol. The molecule has 2 atom stereocenters. The third-order valence-electron chi connectivity index (χ3n) is 2.30. The van der Waals surface area contributed by atoms with Crippen molar-refractivity contribution in [2.24, 2.45) is 11.5 Å². The summed E-state index contributed by atoms with van der Waals surface area (Å²) in [6.07, 6.45) is 2.25. The minimum absolute atomic E-state index is 0.00579. The molecule has 1 fully saturated rings. The first-order valence-electron chi connectivity index (χ1n) is 3.81. The number of primary amides is 1. The van der Waals surface area contributed by atoms with E-state index in [0.717, 1.165) is 12.8 Å². The summed E-state index contributed by atoms with van der Waals surface area (Å²) < 4.78 is 0.